The molecule has 0 aromatic carbocycles. The van der Waals surface area contributed by atoms with Gasteiger partial charge in [0.15, 0.2) is 0 Å². The first-order valence-electron chi connectivity index (χ1n) is 13.5. The predicted molar refractivity (Wildman–Crippen MR) is 140 cm³/mol. The minimum absolute atomic E-state index is 0.0876. The van der Waals surface area contributed by atoms with Crippen LogP contribution >= 0.6 is 0 Å². The van der Waals surface area contributed by atoms with E-state index in [1.54, 1.807) is 4.90 Å². The molecule has 0 saturated heterocycles. The molecule has 0 saturated carbocycles. The van der Waals surface area contributed by atoms with E-state index in [-0.39, 0.29) is 12.5 Å². The molecule has 6 nitrogen and oxygen atoms in total. The molecule has 0 aromatic rings. The van der Waals surface area contributed by atoms with Crippen molar-refractivity contribution in [3.63, 3.8) is 0 Å². The first kappa shape index (κ1) is 34.2. The van der Waals surface area contributed by atoms with E-state index in [0.29, 0.717) is 6.42 Å². The zero-order chi connectivity index (χ0) is 25.2. The van der Waals surface area contributed by atoms with Crippen molar-refractivity contribution in [1.29, 1.82) is 0 Å². The van der Waals surface area contributed by atoms with Crippen molar-refractivity contribution in [2.45, 2.75) is 118 Å². The molecule has 0 aliphatic rings. The summed E-state index contributed by atoms with van der Waals surface area (Å²) in [6, 6.07) is 0. The number of hydrogen-bond donors (Lipinski definition) is 2. The highest BCUT2D eigenvalue weighted by Gasteiger charge is 2.02. The van der Waals surface area contributed by atoms with Gasteiger partial charge in [0, 0.05) is 13.0 Å². The van der Waals surface area contributed by atoms with Gasteiger partial charge in [0.1, 0.15) is 0 Å². The molecule has 0 aromatic heterocycles. The maximum atomic E-state index is 11.4. The number of nitrogens with one attached hydrogen (secondary N) is 2. The second kappa shape index (κ2) is 25.7. The molecule has 33 heavy (non-hydrogen) atoms. The van der Waals surface area contributed by atoms with Crippen LogP contribution in [0.15, 0.2) is 12.2 Å². The molecule has 2 N–H and O–H groups in total. The lowest BCUT2D eigenvalue weighted by molar-refractivity contribution is -0.894. The Morgan fingerprint density at radius 2 is 1.21 bits per heavy atom. The normalized spacial score (nSPS) is 11.6. The number of carbonyl (C=O) groups is 1. The summed E-state index contributed by atoms with van der Waals surface area (Å²) in [5.41, 5.74) is 0. The van der Waals surface area contributed by atoms with Gasteiger partial charge in [-0.05, 0) is 52.9 Å². The van der Waals surface area contributed by atoms with Crippen LogP contribution in [0.4, 0.5) is 0 Å². The standard InChI is InChI=1S/C20H39NO4S.C6H15N/c1-2-3-4-5-6-7-8-9-10-11-12-13-14-15-16-17-20(22)21-18-19-26(23,24)25;1-4-7(5-2)6-3/h9-10H,2-8,11-19H2,1H3,(H,21,22)(H,23,24,25);4-6H2,1-3H3/b10-9+;. The van der Waals surface area contributed by atoms with Crippen molar-refractivity contribution in [2.24, 2.45) is 0 Å². The van der Waals surface area contributed by atoms with Gasteiger partial charge in [-0.3, -0.25) is 4.79 Å². The lowest BCUT2D eigenvalue weighted by Crippen LogP contribution is -3.11. The summed E-state index contributed by atoms with van der Waals surface area (Å²) in [5.74, 6) is -0.711. The van der Waals surface area contributed by atoms with Gasteiger partial charge in [-0.25, -0.2) is 8.42 Å². The van der Waals surface area contributed by atoms with Gasteiger partial charge in [0.05, 0.1) is 35.5 Å². The summed E-state index contributed by atoms with van der Waals surface area (Å²) in [7, 11) is -4.24. The molecule has 0 atom stereocenters. The number of rotatable bonds is 21. The third-order valence-electron chi connectivity index (χ3n) is 5.84. The zero-order valence-electron chi connectivity index (χ0n) is 22.1. The molecule has 0 spiro atoms. The molecule has 198 valence electrons. The van der Waals surface area contributed by atoms with Crippen LogP contribution in [0.1, 0.15) is 118 Å². The SMILES string of the molecule is CCCCCCCC/C=C/CCCCCCCC(=O)NCCS(=O)(=O)[O-].CC[NH+](CC)CC. The van der Waals surface area contributed by atoms with Gasteiger partial charge in [-0.1, -0.05) is 70.4 Å². The zero-order valence-corrected chi connectivity index (χ0v) is 22.9. The lowest BCUT2D eigenvalue weighted by Gasteiger charge is -2.10. The summed E-state index contributed by atoms with van der Waals surface area (Å²) in [6.45, 7) is 12.6. The fourth-order valence-corrected chi connectivity index (χ4v) is 3.86. The average Bonchev–Trinajstić information content (AvgIpc) is 2.77. The third-order valence-corrected chi connectivity index (χ3v) is 6.54. The first-order valence-corrected chi connectivity index (χ1v) is 15.1. The van der Waals surface area contributed by atoms with E-state index in [0.717, 1.165) is 25.7 Å². The molecular weight excluding hydrogens is 436 g/mol. The Bertz CT molecular complexity index is 541. The van der Waals surface area contributed by atoms with Crippen molar-refractivity contribution in [2.75, 3.05) is 31.9 Å². The first-order chi connectivity index (χ1) is 15.8. The highest BCUT2D eigenvalue weighted by Crippen LogP contribution is 2.09. The van der Waals surface area contributed by atoms with Crippen molar-refractivity contribution in [3.8, 4) is 0 Å². The third kappa shape index (κ3) is 31.1. The maximum Gasteiger partial charge on any atom is 0.220 e. The van der Waals surface area contributed by atoms with Crippen LogP contribution in [0, 0.1) is 0 Å². The van der Waals surface area contributed by atoms with Crippen molar-refractivity contribution in [3.05, 3.63) is 12.2 Å². The van der Waals surface area contributed by atoms with Crippen LogP contribution in [0.3, 0.4) is 0 Å². The predicted octanol–water partition coefficient (Wildman–Crippen LogP) is 4.62. The number of unbranched alkanes of at least 4 members (excludes halogenated alkanes) is 11. The van der Waals surface area contributed by atoms with Gasteiger partial charge >= 0.3 is 0 Å². The summed E-state index contributed by atoms with van der Waals surface area (Å²) < 4.78 is 31.2. The minimum atomic E-state index is -4.24. The Morgan fingerprint density at radius 3 is 1.64 bits per heavy atom. The Kier molecular flexibility index (Phi) is 26.7. The average molecular weight is 491 g/mol. The number of quaternary nitrogens is 1. The molecule has 0 aliphatic carbocycles. The molecule has 1 amide bonds. The monoisotopic (exact) mass is 490 g/mol. The highest BCUT2D eigenvalue weighted by atomic mass is 32.2. The van der Waals surface area contributed by atoms with Gasteiger partial charge in [0.25, 0.3) is 0 Å². The molecule has 0 rings (SSSR count). The number of amides is 1. The van der Waals surface area contributed by atoms with E-state index in [9.17, 15) is 17.8 Å². The van der Waals surface area contributed by atoms with E-state index in [1.165, 1.54) is 77.4 Å². The van der Waals surface area contributed by atoms with Crippen molar-refractivity contribution in [1.82, 2.24) is 5.32 Å². The van der Waals surface area contributed by atoms with Crippen LogP contribution in [0.5, 0.6) is 0 Å². The Labute approximate surface area is 205 Å². The summed E-state index contributed by atoms with van der Waals surface area (Å²) >= 11 is 0. The van der Waals surface area contributed by atoms with E-state index in [2.05, 4.69) is 45.2 Å². The molecule has 0 bridgehead atoms. The number of hydrogen-bond acceptors (Lipinski definition) is 4. The van der Waals surface area contributed by atoms with Crippen molar-refractivity contribution < 1.29 is 22.7 Å². The smallest absolute Gasteiger partial charge is 0.220 e. The molecule has 0 heterocycles. The largest absolute Gasteiger partial charge is 0.748 e. The van der Waals surface area contributed by atoms with Gasteiger partial charge in [-0.15, -0.1) is 0 Å². The minimum Gasteiger partial charge on any atom is -0.748 e. The highest BCUT2D eigenvalue weighted by molar-refractivity contribution is 7.85. The van der Waals surface area contributed by atoms with Crippen LogP contribution in [-0.4, -0.2) is 50.8 Å². The van der Waals surface area contributed by atoms with Gasteiger partial charge in [-0.2, -0.15) is 0 Å². The van der Waals surface area contributed by atoms with Gasteiger partial charge in [0.2, 0.25) is 5.91 Å². The number of carbonyl (C=O) groups excluding carboxylic acids is 1. The summed E-state index contributed by atoms with van der Waals surface area (Å²) in [4.78, 5) is 13.1. The van der Waals surface area contributed by atoms with Crippen molar-refractivity contribution >= 4 is 16.0 Å². The number of allylic oxidation sites excluding steroid dienone is 2. The van der Waals surface area contributed by atoms with E-state index < -0.39 is 15.9 Å². The van der Waals surface area contributed by atoms with Gasteiger partial charge < -0.3 is 14.8 Å². The summed E-state index contributed by atoms with van der Waals surface area (Å²) in [5, 5.41) is 2.46. The summed E-state index contributed by atoms with van der Waals surface area (Å²) in [6.07, 6.45) is 20.7. The maximum absolute atomic E-state index is 11.4. The lowest BCUT2D eigenvalue weighted by atomic mass is 10.1. The molecule has 0 radical (unpaired) electrons. The fourth-order valence-electron chi connectivity index (χ4n) is 3.51. The second-order valence-corrected chi connectivity index (χ2v) is 10.3. The van der Waals surface area contributed by atoms with Crippen LogP contribution in [-0.2, 0) is 14.9 Å². The molecule has 0 unspecified atom stereocenters. The van der Waals surface area contributed by atoms with E-state index in [1.807, 2.05) is 0 Å². The molecular formula is C26H54N2O4S. The van der Waals surface area contributed by atoms with Crippen LogP contribution in [0.2, 0.25) is 0 Å². The van der Waals surface area contributed by atoms with Crippen LogP contribution < -0.4 is 10.2 Å². The van der Waals surface area contributed by atoms with Crippen LogP contribution in [0.25, 0.3) is 0 Å². The molecule has 7 heteroatoms. The topological polar surface area (TPSA) is 90.7 Å². The van der Waals surface area contributed by atoms with E-state index >= 15 is 0 Å². The second-order valence-electron chi connectivity index (χ2n) is 8.76. The Morgan fingerprint density at radius 1 is 0.758 bits per heavy atom. The van der Waals surface area contributed by atoms with E-state index in [4.69, 9.17) is 0 Å². The molecule has 0 aliphatic heterocycles. The fraction of sp³-hybridized carbons (Fsp3) is 0.885. The Hall–Kier alpha value is -0.920. The molecule has 0 fully saturated rings. The Balaban J connectivity index is 0. The quantitative estimate of drug-likeness (QED) is 0.140.